The number of nitrogens with one attached hydrogen (secondary N) is 2. The van der Waals surface area contributed by atoms with Crippen molar-refractivity contribution in [1.29, 1.82) is 0 Å². The van der Waals surface area contributed by atoms with Crippen LogP contribution in [-0.4, -0.2) is 21.5 Å². The molecule has 0 saturated carbocycles. The maximum atomic E-state index is 14.5. The number of halogens is 3. The predicted octanol–water partition coefficient (Wildman–Crippen LogP) is 4.49. The lowest BCUT2D eigenvalue weighted by molar-refractivity contribution is 0.438. The zero-order valence-corrected chi connectivity index (χ0v) is 15.2. The first-order chi connectivity index (χ1) is 13.0. The lowest BCUT2D eigenvalue weighted by Crippen LogP contribution is -2.00. The number of ether oxygens (including phenoxy) is 1. The van der Waals surface area contributed by atoms with Crippen LogP contribution in [0, 0.1) is 5.82 Å². The molecule has 2 aromatic heterocycles. The van der Waals surface area contributed by atoms with E-state index in [1.54, 1.807) is 18.3 Å². The highest BCUT2D eigenvalue weighted by atomic mass is 35.5. The Kier molecular flexibility index (Phi) is 4.59. The monoisotopic (exact) mass is 406 g/mol. The number of anilines is 4. The minimum atomic E-state index is -0.559. The zero-order valence-electron chi connectivity index (χ0n) is 13.7. The van der Waals surface area contributed by atoms with Crippen LogP contribution in [-0.2, 0) is 0 Å². The second-order valence-corrected chi connectivity index (χ2v) is 6.64. The van der Waals surface area contributed by atoms with Crippen LogP contribution in [0.3, 0.4) is 0 Å². The number of pyridine rings is 1. The third-order valence-electron chi connectivity index (χ3n) is 3.85. The molecule has 0 aliphatic carbocycles. The third kappa shape index (κ3) is 3.67. The molecular weight excluding hydrogens is 394 g/mol. The molecule has 10 heteroatoms. The summed E-state index contributed by atoms with van der Waals surface area (Å²) in [5.41, 5.74) is 6.71. The molecule has 27 heavy (non-hydrogen) atoms. The van der Waals surface area contributed by atoms with Gasteiger partial charge in [-0.2, -0.15) is 4.98 Å². The van der Waals surface area contributed by atoms with Gasteiger partial charge in [0.1, 0.15) is 22.5 Å². The summed E-state index contributed by atoms with van der Waals surface area (Å²) >= 11 is 12.1. The molecule has 0 bridgehead atoms. The number of hydrogen-bond acceptors (Lipinski definition) is 7. The standard InChI is InChI=1S/C17H13Cl2FN6O/c18-9-7-23-16-15(9)12(3-4-22-16)27-11-2-1-8(5-10(11)20)24-14-6-13(19)25-17(21)26-14/h1-6,9H,7H2,(H,22,23)(H3,21,24,25,26). The fourth-order valence-corrected chi connectivity index (χ4v) is 3.18. The minimum Gasteiger partial charge on any atom is -0.454 e. The minimum absolute atomic E-state index is 0.0150. The van der Waals surface area contributed by atoms with E-state index >= 15 is 0 Å². The number of alkyl halides is 1. The van der Waals surface area contributed by atoms with Gasteiger partial charge in [-0.1, -0.05) is 11.6 Å². The smallest absolute Gasteiger partial charge is 0.223 e. The topological polar surface area (TPSA) is 98.0 Å². The summed E-state index contributed by atoms with van der Waals surface area (Å²) in [4.78, 5) is 11.9. The van der Waals surface area contributed by atoms with E-state index in [-0.39, 0.29) is 22.2 Å². The van der Waals surface area contributed by atoms with E-state index in [1.807, 2.05) is 0 Å². The van der Waals surface area contributed by atoms with Crippen LogP contribution in [0.5, 0.6) is 11.5 Å². The van der Waals surface area contributed by atoms with Crippen molar-refractivity contribution in [1.82, 2.24) is 15.0 Å². The molecule has 1 aromatic carbocycles. The molecule has 1 atom stereocenters. The lowest BCUT2D eigenvalue weighted by Gasteiger charge is -2.13. The van der Waals surface area contributed by atoms with E-state index in [0.29, 0.717) is 35.2 Å². The number of fused-ring (bicyclic) bond motifs is 1. The lowest BCUT2D eigenvalue weighted by atomic mass is 10.2. The molecule has 0 fully saturated rings. The third-order valence-corrected chi connectivity index (χ3v) is 4.41. The summed E-state index contributed by atoms with van der Waals surface area (Å²) in [7, 11) is 0. The number of hydrogen-bond donors (Lipinski definition) is 3. The number of aromatic nitrogens is 3. The molecule has 3 aromatic rings. The van der Waals surface area contributed by atoms with Gasteiger partial charge < -0.3 is 21.1 Å². The normalized spacial score (nSPS) is 15.1. The first-order valence-corrected chi connectivity index (χ1v) is 8.72. The Labute approximate surface area is 163 Å². The van der Waals surface area contributed by atoms with Crippen LogP contribution in [0.15, 0.2) is 36.5 Å². The quantitative estimate of drug-likeness (QED) is 0.433. The molecule has 0 saturated heterocycles. The van der Waals surface area contributed by atoms with Crippen LogP contribution in [0.4, 0.5) is 27.7 Å². The van der Waals surface area contributed by atoms with Gasteiger partial charge in [0.25, 0.3) is 0 Å². The summed E-state index contributed by atoms with van der Waals surface area (Å²) in [6, 6.07) is 7.55. The Hall–Kier alpha value is -2.84. The Morgan fingerprint density at radius 3 is 2.85 bits per heavy atom. The Bertz CT molecular complexity index is 998. The van der Waals surface area contributed by atoms with Crippen LogP contribution in [0.1, 0.15) is 10.9 Å². The molecule has 3 heterocycles. The summed E-state index contributed by atoms with van der Waals surface area (Å²) in [6.07, 6.45) is 1.58. The highest BCUT2D eigenvalue weighted by Gasteiger charge is 2.26. The van der Waals surface area contributed by atoms with Crippen molar-refractivity contribution in [3.05, 3.63) is 53.1 Å². The Morgan fingerprint density at radius 1 is 1.22 bits per heavy atom. The summed E-state index contributed by atoms with van der Waals surface area (Å²) in [5.74, 6) is 0.967. The second kappa shape index (κ2) is 7.05. The SMILES string of the molecule is Nc1nc(Cl)cc(Nc2ccc(Oc3ccnc4c3C(Cl)CN4)c(F)c2)n1. The van der Waals surface area contributed by atoms with Gasteiger partial charge in [-0.15, -0.1) is 11.6 Å². The molecule has 7 nitrogen and oxygen atoms in total. The maximum absolute atomic E-state index is 14.5. The second-order valence-electron chi connectivity index (χ2n) is 5.73. The number of rotatable bonds is 4. The fourth-order valence-electron chi connectivity index (χ4n) is 2.70. The number of benzene rings is 1. The van der Waals surface area contributed by atoms with Gasteiger partial charge in [0, 0.05) is 30.6 Å². The van der Waals surface area contributed by atoms with E-state index < -0.39 is 5.82 Å². The van der Waals surface area contributed by atoms with Crippen molar-refractivity contribution < 1.29 is 9.13 Å². The van der Waals surface area contributed by atoms with Gasteiger partial charge in [0.05, 0.1) is 10.9 Å². The van der Waals surface area contributed by atoms with E-state index in [2.05, 4.69) is 25.6 Å². The zero-order chi connectivity index (χ0) is 19.0. The van der Waals surface area contributed by atoms with Crippen molar-refractivity contribution in [2.75, 3.05) is 22.9 Å². The van der Waals surface area contributed by atoms with Gasteiger partial charge in [0.15, 0.2) is 11.6 Å². The molecule has 0 radical (unpaired) electrons. The molecule has 1 aliphatic rings. The van der Waals surface area contributed by atoms with Gasteiger partial charge in [-0.25, -0.2) is 14.4 Å². The molecule has 1 unspecified atom stereocenters. The van der Waals surface area contributed by atoms with Crippen LogP contribution < -0.4 is 21.1 Å². The van der Waals surface area contributed by atoms with E-state index in [4.69, 9.17) is 33.7 Å². The van der Waals surface area contributed by atoms with Gasteiger partial charge in [-0.05, 0) is 18.2 Å². The average molecular weight is 407 g/mol. The van der Waals surface area contributed by atoms with Crippen molar-refractivity contribution in [2.45, 2.75) is 5.38 Å². The van der Waals surface area contributed by atoms with Crippen molar-refractivity contribution >= 4 is 46.5 Å². The number of nitrogens with two attached hydrogens (primary N) is 1. The van der Waals surface area contributed by atoms with Crippen LogP contribution in [0.25, 0.3) is 0 Å². The van der Waals surface area contributed by atoms with Crippen LogP contribution >= 0.6 is 23.2 Å². The van der Waals surface area contributed by atoms with Gasteiger partial charge in [0.2, 0.25) is 5.95 Å². The van der Waals surface area contributed by atoms with Crippen molar-refractivity contribution in [2.24, 2.45) is 0 Å². The number of nitrogens with zero attached hydrogens (tertiary/aromatic N) is 3. The molecule has 0 spiro atoms. The summed E-state index contributed by atoms with van der Waals surface area (Å²) in [6.45, 7) is 0.542. The van der Waals surface area contributed by atoms with Crippen molar-refractivity contribution in [3.63, 3.8) is 0 Å². The van der Waals surface area contributed by atoms with Crippen LogP contribution in [0.2, 0.25) is 5.15 Å². The van der Waals surface area contributed by atoms with E-state index in [9.17, 15) is 4.39 Å². The molecular formula is C17H13Cl2FN6O. The van der Waals surface area contributed by atoms with E-state index in [0.717, 1.165) is 0 Å². The van der Waals surface area contributed by atoms with E-state index in [1.165, 1.54) is 18.2 Å². The fraction of sp³-hybridized carbons (Fsp3) is 0.118. The van der Waals surface area contributed by atoms with Crippen molar-refractivity contribution in [3.8, 4) is 11.5 Å². The van der Waals surface area contributed by atoms with Gasteiger partial charge >= 0.3 is 0 Å². The Morgan fingerprint density at radius 2 is 2.07 bits per heavy atom. The predicted molar refractivity (Wildman–Crippen MR) is 103 cm³/mol. The highest BCUT2D eigenvalue weighted by molar-refractivity contribution is 6.29. The number of nitrogen functional groups attached to an aromatic ring is 1. The first-order valence-electron chi connectivity index (χ1n) is 7.91. The summed E-state index contributed by atoms with van der Waals surface area (Å²) in [5, 5.41) is 5.88. The molecule has 4 N–H and O–H groups in total. The maximum Gasteiger partial charge on any atom is 0.223 e. The first kappa shape index (κ1) is 17.6. The molecule has 138 valence electrons. The average Bonchev–Trinajstić information content (AvgIpc) is 2.99. The highest BCUT2D eigenvalue weighted by Crippen LogP contribution is 2.41. The molecule has 1 aliphatic heterocycles. The largest absolute Gasteiger partial charge is 0.454 e. The Balaban J connectivity index is 1.57. The summed E-state index contributed by atoms with van der Waals surface area (Å²) < 4.78 is 20.3. The molecule has 4 rings (SSSR count). The molecule has 0 amide bonds. The van der Waals surface area contributed by atoms with Gasteiger partial charge in [-0.3, -0.25) is 0 Å².